The Bertz CT molecular complexity index is 339. The maximum atomic E-state index is 6.06. The molecule has 1 aromatic rings. The molecular formula is C13H19BrN2. The summed E-state index contributed by atoms with van der Waals surface area (Å²) in [4.78, 5) is 2.47. The second kappa shape index (κ2) is 4.86. The minimum Gasteiger partial charge on any atom is -0.326 e. The molecule has 0 aliphatic carbocycles. The second-order valence-electron chi connectivity index (χ2n) is 4.82. The van der Waals surface area contributed by atoms with Crippen molar-refractivity contribution in [3.05, 3.63) is 34.3 Å². The highest BCUT2D eigenvalue weighted by Crippen LogP contribution is 2.27. The van der Waals surface area contributed by atoms with Crippen LogP contribution < -0.4 is 5.73 Å². The zero-order valence-corrected chi connectivity index (χ0v) is 11.4. The van der Waals surface area contributed by atoms with Crippen LogP contribution in [0.25, 0.3) is 0 Å². The molecule has 1 saturated heterocycles. The SMILES string of the molecule is CC1CN(C(C)c2ccc(Br)cc2)CC1N. The Morgan fingerprint density at radius 1 is 1.31 bits per heavy atom. The lowest BCUT2D eigenvalue weighted by molar-refractivity contribution is 0.253. The van der Waals surface area contributed by atoms with Crippen LogP contribution in [0.4, 0.5) is 0 Å². The quantitative estimate of drug-likeness (QED) is 0.904. The molecule has 3 unspecified atom stereocenters. The molecule has 2 N–H and O–H groups in total. The highest BCUT2D eigenvalue weighted by molar-refractivity contribution is 9.10. The van der Waals surface area contributed by atoms with Crippen molar-refractivity contribution in [2.24, 2.45) is 11.7 Å². The second-order valence-corrected chi connectivity index (χ2v) is 5.74. The largest absolute Gasteiger partial charge is 0.326 e. The zero-order chi connectivity index (χ0) is 11.7. The molecule has 1 aliphatic heterocycles. The molecule has 16 heavy (non-hydrogen) atoms. The van der Waals surface area contributed by atoms with E-state index in [0.29, 0.717) is 18.0 Å². The van der Waals surface area contributed by atoms with Crippen LogP contribution in [0, 0.1) is 5.92 Å². The Labute approximate surface area is 106 Å². The molecule has 1 aliphatic rings. The van der Waals surface area contributed by atoms with Gasteiger partial charge in [-0.25, -0.2) is 0 Å². The first kappa shape index (κ1) is 12.1. The molecule has 2 nitrogen and oxygen atoms in total. The molecule has 3 atom stereocenters. The average molecular weight is 283 g/mol. The van der Waals surface area contributed by atoms with Gasteiger partial charge in [-0.05, 0) is 30.5 Å². The summed E-state index contributed by atoms with van der Waals surface area (Å²) in [5, 5.41) is 0. The van der Waals surface area contributed by atoms with E-state index < -0.39 is 0 Å². The minimum atomic E-state index is 0.331. The van der Waals surface area contributed by atoms with Crippen molar-refractivity contribution in [3.63, 3.8) is 0 Å². The first-order valence-electron chi connectivity index (χ1n) is 5.83. The van der Waals surface area contributed by atoms with Crippen molar-refractivity contribution in [1.29, 1.82) is 0 Å². The maximum absolute atomic E-state index is 6.06. The Kier molecular flexibility index (Phi) is 3.67. The van der Waals surface area contributed by atoms with E-state index in [0.717, 1.165) is 17.6 Å². The van der Waals surface area contributed by atoms with Gasteiger partial charge in [-0.3, -0.25) is 4.90 Å². The number of nitrogens with two attached hydrogens (primary N) is 1. The normalized spacial score (nSPS) is 28.2. The van der Waals surface area contributed by atoms with E-state index >= 15 is 0 Å². The van der Waals surface area contributed by atoms with E-state index in [1.807, 2.05) is 0 Å². The van der Waals surface area contributed by atoms with Gasteiger partial charge in [0.1, 0.15) is 0 Å². The number of hydrogen-bond acceptors (Lipinski definition) is 2. The molecule has 1 fully saturated rings. The van der Waals surface area contributed by atoms with Crippen LogP contribution in [0.5, 0.6) is 0 Å². The molecule has 0 saturated carbocycles. The van der Waals surface area contributed by atoms with Crippen molar-refractivity contribution >= 4 is 15.9 Å². The van der Waals surface area contributed by atoms with E-state index in [1.54, 1.807) is 0 Å². The number of benzene rings is 1. The van der Waals surface area contributed by atoms with Crippen molar-refractivity contribution in [1.82, 2.24) is 4.90 Å². The standard InChI is InChI=1S/C13H19BrN2/c1-9-7-16(8-13(9)15)10(2)11-3-5-12(14)6-4-11/h3-6,9-10,13H,7-8,15H2,1-2H3. The van der Waals surface area contributed by atoms with Gasteiger partial charge in [0, 0.05) is 29.6 Å². The molecule has 1 aromatic carbocycles. The predicted octanol–water partition coefficient (Wildman–Crippen LogP) is 2.79. The lowest BCUT2D eigenvalue weighted by atomic mass is 10.1. The highest BCUT2D eigenvalue weighted by Gasteiger charge is 2.29. The Balaban J connectivity index is 2.08. The number of hydrogen-bond donors (Lipinski definition) is 1. The summed E-state index contributed by atoms with van der Waals surface area (Å²) in [5.41, 5.74) is 7.42. The van der Waals surface area contributed by atoms with Gasteiger partial charge >= 0.3 is 0 Å². The highest BCUT2D eigenvalue weighted by atomic mass is 79.9. The van der Waals surface area contributed by atoms with Crippen LogP contribution in [0.2, 0.25) is 0 Å². The molecule has 0 radical (unpaired) electrons. The third-order valence-electron chi connectivity index (χ3n) is 3.60. The summed E-state index contributed by atoms with van der Waals surface area (Å²) < 4.78 is 1.13. The van der Waals surface area contributed by atoms with Gasteiger partial charge in [0.05, 0.1) is 0 Å². The molecule has 88 valence electrons. The lowest BCUT2D eigenvalue weighted by Gasteiger charge is -2.24. The monoisotopic (exact) mass is 282 g/mol. The van der Waals surface area contributed by atoms with Crippen LogP contribution in [0.1, 0.15) is 25.5 Å². The van der Waals surface area contributed by atoms with Gasteiger partial charge in [-0.2, -0.15) is 0 Å². The van der Waals surface area contributed by atoms with Gasteiger partial charge in [0.2, 0.25) is 0 Å². The van der Waals surface area contributed by atoms with Crippen LogP contribution in [-0.2, 0) is 0 Å². The minimum absolute atomic E-state index is 0.331. The molecule has 1 heterocycles. The molecule has 0 amide bonds. The Morgan fingerprint density at radius 2 is 1.94 bits per heavy atom. The summed E-state index contributed by atoms with van der Waals surface area (Å²) in [7, 11) is 0. The number of rotatable bonds is 2. The van der Waals surface area contributed by atoms with E-state index in [9.17, 15) is 0 Å². The maximum Gasteiger partial charge on any atom is 0.0320 e. The lowest BCUT2D eigenvalue weighted by Crippen LogP contribution is -2.29. The topological polar surface area (TPSA) is 29.3 Å². The van der Waals surface area contributed by atoms with Gasteiger partial charge in [-0.15, -0.1) is 0 Å². The third kappa shape index (κ3) is 2.47. The number of halogens is 1. The van der Waals surface area contributed by atoms with Crippen LogP contribution >= 0.6 is 15.9 Å². The Hall–Kier alpha value is -0.380. The summed E-state index contributed by atoms with van der Waals surface area (Å²) in [6, 6.07) is 9.37. The van der Waals surface area contributed by atoms with E-state index in [-0.39, 0.29) is 0 Å². The van der Waals surface area contributed by atoms with E-state index in [1.165, 1.54) is 5.56 Å². The van der Waals surface area contributed by atoms with Gasteiger partial charge in [0.15, 0.2) is 0 Å². The fraction of sp³-hybridized carbons (Fsp3) is 0.538. The summed E-state index contributed by atoms with van der Waals surface area (Å²) in [6.07, 6.45) is 0. The van der Waals surface area contributed by atoms with Crippen LogP contribution in [0.3, 0.4) is 0 Å². The van der Waals surface area contributed by atoms with Crippen molar-refractivity contribution in [2.75, 3.05) is 13.1 Å². The molecule has 3 heteroatoms. The van der Waals surface area contributed by atoms with Crippen molar-refractivity contribution < 1.29 is 0 Å². The summed E-state index contributed by atoms with van der Waals surface area (Å²) in [6.45, 7) is 6.61. The van der Waals surface area contributed by atoms with Crippen LogP contribution in [-0.4, -0.2) is 24.0 Å². The Morgan fingerprint density at radius 3 is 2.44 bits per heavy atom. The molecular weight excluding hydrogens is 264 g/mol. The predicted molar refractivity (Wildman–Crippen MR) is 71.3 cm³/mol. The fourth-order valence-corrected chi connectivity index (χ4v) is 2.56. The summed E-state index contributed by atoms with van der Waals surface area (Å²) in [5.74, 6) is 0.609. The van der Waals surface area contributed by atoms with Crippen molar-refractivity contribution in [3.8, 4) is 0 Å². The molecule has 0 aromatic heterocycles. The number of nitrogens with zero attached hydrogens (tertiary/aromatic N) is 1. The van der Waals surface area contributed by atoms with E-state index in [4.69, 9.17) is 5.73 Å². The zero-order valence-electron chi connectivity index (χ0n) is 9.86. The summed E-state index contributed by atoms with van der Waals surface area (Å²) >= 11 is 3.46. The first-order valence-corrected chi connectivity index (χ1v) is 6.62. The van der Waals surface area contributed by atoms with Gasteiger partial charge < -0.3 is 5.73 Å². The molecule has 0 spiro atoms. The first-order chi connectivity index (χ1) is 7.58. The number of likely N-dealkylation sites (tertiary alicyclic amines) is 1. The van der Waals surface area contributed by atoms with Crippen LogP contribution in [0.15, 0.2) is 28.7 Å². The van der Waals surface area contributed by atoms with Gasteiger partial charge in [-0.1, -0.05) is 35.0 Å². The molecule has 0 bridgehead atoms. The van der Waals surface area contributed by atoms with Gasteiger partial charge in [0.25, 0.3) is 0 Å². The van der Waals surface area contributed by atoms with Crippen molar-refractivity contribution in [2.45, 2.75) is 25.9 Å². The third-order valence-corrected chi connectivity index (χ3v) is 4.13. The smallest absolute Gasteiger partial charge is 0.0320 e. The van der Waals surface area contributed by atoms with E-state index in [2.05, 4.69) is 58.9 Å². The fourth-order valence-electron chi connectivity index (χ4n) is 2.30. The molecule has 2 rings (SSSR count). The average Bonchev–Trinajstić information content (AvgIpc) is 2.59.